The lowest BCUT2D eigenvalue weighted by atomic mass is 9.76. The predicted molar refractivity (Wildman–Crippen MR) is 65.8 cm³/mol. The van der Waals surface area contributed by atoms with Gasteiger partial charge in [-0.25, -0.2) is 4.52 Å². The summed E-state index contributed by atoms with van der Waals surface area (Å²) in [6.45, 7) is 6.21. The van der Waals surface area contributed by atoms with E-state index in [1.807, 2.05) is 0 Å². The monoisotopic (exact) mass is 267 g/mol. The molecule has 102 valence electrons. The van der Waals surface area contributed by atoms with Crippen LogP contribution in [-0.2, 0) is 4.52 Å². The minimum Gasteiger partial charge on any atom is -0.328 e. The standard InChI is InChI=1S/C10H22NO5P/c1-4-10(5-2,6-3)8-7-9(11(12)13)16-17(14)15/h9,14-15H,4-8H2,1-3H3. The highest BCUT2D eigenvalue weighted by Gasteiger charge is 2.30. The van der Waals surface area contributed by atoms with Gasteiger partial charge >= 0.3 is 14.8 Å². The van der Waals surface area contributed by atoms with Gasteiger partial charge in [0.15, 0.2) is 0 Å². The lowest BCUT2D eigenvalue weighted by molar-refractivity contribution is -0.565. The molecule has 0 aliphatic rings. The van der Waals surface area contributed by atoms with Crippen molar-refractivity contribution in [2.24, 2.45) is 5.41 Å². The van der Waals surface area contributed by atoms with Crippen molar-refractivity contribution in [1.29, 1.82) is 0 Å². The van der Waals surface area contributed by atoms with Gasteiger partial charge in [0.25, 0.3) is 0 Å². The predicted octanol–water partition coefficient (Wildman–Crippen LogP) is 2.81. The Morgan fingerprint density at radius 1 is 1.29 bits per heavy atom. The molecule has 7 heteroatoms. The summed E-state index contributed by atoms with van der Waals surface area (Å²) in [7, 11) is -2.67. The van der Waals surface area contributed by atoms with Crippen LogP contribution in [0.5, 0.6) is 0 Å². The molecule has 0 saturated carbocycles. The second-order valence-electron chi connectivity index (χ2n) is 4.20. The van der Waals surface area contributed by atoms with E-state index in [4.69, 9.17) is 9.79 Å². The smallest absolute Gasteiger partial charge is 0.328 e. The third kappa shape index (κ3) is 5.73. The first-order chi connectivity index (χ1) is 7.90. The molecule has 0 saturated heterocycles. The molecule has 0 aromatic rings. The Morgan fingerprint density at radius 2 is 1.76 bits per heavy atom. The Balaban J connectivity index is 4.41. The van der Waals surface area contributed by atoms with Crippen LogP contribution >= 0.6 is 8.60 Å². The van der Waals surface area contributed by atoms with Crippen molar-refractivity contribution >= 4 is 8.60 Å². The molecule has 2 N–H and O–H groups in total. The van der Waals surface area contributed by atoms with Gasteiger partial charge in [-0.1, -0.05) is 40.0 Å². The van der Waals surface area contributed by atoms with Gasteiger partial charge in [-0.3, -0.25) is 10.1 Å². The van der Waals surface area contributed by atoms with E-state index in [1.54, 1.807) is 0 Å². The van der Waals surface area contributed by atoms with Crippen molar-refractivity contribution in [2.45, 2.75) is 59.1 Å². The second-order valence-corrected chi connectivity index (χ2v) is 4.91. The van der Waals surface area contributed by atoms with Gasteiger partial charge < -0.3 is 9.79 Å². The van der Waals surface area contributed by atoms with Crippen LogP contribution in [-0.4, -0.2) is 20.9 Å². The molecule has 1 unspecified atom stereocenters. The summed E-state index contributed by atoms with van der Waals surface area (Å²) >= 11 is 0. The van der Waals surface area contributed by atoms with Crippen molar-refractivity contribution in [1.82, 2.24) is 0 Å². The van der Waals surface area contributed by atoms with E-state index in [9.17, 15) is 10.1 Å². The minimum absolute atomic E-state index is 0.0886. The number of hydrogen-bond donors (Lipinski definition) is 2. The molecule has 0 spiro atoms. The van der Waals surface area contributed by atoms with Crippen LogP contribution in [0, 0.1) is 15.5 Å². The van der Waals surface area contributed by atoms with E-state index >= 15 is 0 Å². The first-order valence-corrected chi connectivity index (χ1v) is 7.05. The molecule has 0 aliphatic carbocycles. The molecular weight excluding hydrogens is 245 g/mol. The fourth-order valence-corrected chi connectivity index (χ4v) is 2.42. The maximum Gasteiger partial charge on any atom is 0.332 e. The quantitative estimate of drug-likeness (QED) is 0.290. The summed E-state index contributed by atoms with van der Waals surface area (Å²) < 4.78 is 4.52. The van der Waals surface area contributed by atoms with Crippen LogP contribution in [0.3, 0.4) is 0 Å². The maximum atomic E-state index is 10.7. The first kappa shape index (κ1) is 16.7. The van der Waals surface area contributed by atoms with Crippen molar-refractivity contribution in [3.05, 3.63) is 10.1 Å². The van der Waals surface area contributed by atoms with Crippen LogP contribution < -0.4 is 0 Å². The molecular formula is C10H22NO5P. The number of rotatable bonds is 9. The molecule has 0 fully saturated rings. The molecule has 0 heterocycles. The largest absolute Gasteiger partial charge is 0.332 e. The van der Waals surface area contributed by atoms with E-state index in [0.29, 0.717) is 6.42 Å². The van der Waals surface area contributed by atoms with Crippen molar-refractivity contribution in [3.8, 4) is 0 Å². The zero-order valence-corrected chi connectivity index (χ0v) is 11.5. The van der Waals surface area contributed by atoms with Gasteiger partial charge in [-0.2, -0.15) is 0 Å². The SMILES string of the molecule is CCC(CC)(CC)CCC(OP(O)O)[N+](=O)[O-]. The summed E-state index contributed by atoms with van der Waals surface area (Å²) in [5, 5.41) is 10.7. The number of nitrogens with zero attached hydrogens (tertiary/aromatic N) is 1. The lowest BCUT2D eigenvalue weighted by Gasteiger charge is -2.30. The zero-order valence-electron chi connectivity index (χ0n) is 10.6. The molecule has 1 atom stereocenters. The normalized spacial score (nSPS) is 14.0. The topological polar surface area (TPSA) is 92.8 Å². The van der Waals surface area contributed by atoms with Gasteiger partial charge in [0.05, 0.1) is 4.92 Å². The summed E-state index contributed by atoms with van der Waals surface area (Å²) in [5.41, 5.74) is 0.0886. The summed E-state index contributed by atoms with van der Waals surface area (Å²) in [5.74, 6) is 0. The Hall–Kier alpha value is -0.290. The minimum atomic E-state index is -2.67. The van der Waals surface area contributed by atoms with Crippen LogP contribution in [0.2, 0.25) is 0 Å². The van der Waals surface area contributed by atoms with Crippen molar-refractivity contribution in [2.75, 3.05) is 0 Å². The van der Waals surface area contributed by atoms with Gasteiger partial charge in [0, 0.05) is 6.42 Å². The first-order valence-electron chi connectivity index (χ1n) is 5.89. The average molecular weight is 267 g/mol. The Morgan fingerprint density at radius 3 is 2.06 bits per heavy atom. The van der Waals surface area contributed by atoms with Gasteiger partial charge in [-0.15, -0.1) is 0 Å². The number of nitro groups is 1. The molecule has 0 amide bonds. The van der Waals surface area contributed by atoms with E-state index in [2.05, 4.69) is 25.3 Å². The highest BCUT2D eigenvalue weighted by atomic mass is 31.2. The summed E-state index contributed by atoms with van der Waals surface area (Å²) in [6.07, 6.45) is 2.42. The van der Waals surface area contributed by atoms with E-state index < -0.39 is 19.8 Å². The molecule has 6 nitrogen and oxygen atoms in total. The number of hydrogen-bond acceptors (Lipinski definition) is 5. The maximum absolute atomic E-state index is 10.7. The second kappa shape index (κ2) is 7.93. The summed E-state index contributed by atoms with van der Waals surface area (Å²) in [6, 6.07) is 0. The molecule has 0 aromatic heterocycles. The van der Waals surface area contributed by atoms with Gasteiger partial charge in [0.1, 0.15) is 0 Å². The van der Waals surface area contributed by atoms with Crippen molar-refractivity contribution in [3.63, 3.8) is 0 Å². The molecule has 0 aliphatic heterocycles. The Labute approximate surface area is 103 Å². The highest BCUT2D eigenvalue weighted by molar-refractivity contribution is 7.39. The van der Waals surface area contributed by atoms with Gasteiger partial charge in [-0.05, 0) is 11.8 Å². The Bertz CT molecular complexity index is 224. The lowest BCUT2D eigenvalue weighted by Crippen LogP contribution is -2.26. The molecule has 0 bridgehead atoms. The van der Waals surface area contributed by atoms with Crippen LogP contribution in [0.1, 0.15) is 52.9 Å². The van der Waals surface area contributed by atoms with Gasteiger partial charge in [0.2, 0.25) is 0 Å². The summed E-state index contributed by atoms with van der Waals surface area (Å²) in [4.78, 5) is 27.4. The van der Waals surface area contributed by atoms with E-state index in [1.165, 1.54) is 0 Å². The molecule has 0 rings (SSSR count). The van der Waals surface area contributed by atoms with Crippen LogP contribution in [0.15, 0.2) is 0 Å². The van der Waals surface area contributed by atoms with Crippen LogP contribution in [0.4, 0.5) is 0 Å². The highest BCUT2D eigenvalue weighted by Crippen LogP contribution is 2.37. The third-order valence-electron chi connectivity index (χ3n) is 3.62. The van der Waals surface area contributed by atoms with E-state index in [-0.39, 0.29) is 11.8 Å². The average Bonchev–Trinajstić information content (AvgIpc) is 2.29. The fraction of sp³-hybridized carbons (Fsp3) is 1.00. The molecule has 0 radical (unpaired) electrons. The molecule has 0 aromatic carbocycles. The van der Waals surface area contributed by atoms with Crippen molar-refractivity contribution < 1.29 is 19.2 Å². The van der Waals surface area contributed by atoms with E-state index in [0.717, 1.165) is 19.3 Å². The third-order valence-corrected chi connectivity index (χ3v) is 4.05. The van der Waals surface area contributed by atoms with Crippen LogP contribution in [0.25, 0.3) is 0 Å². The Kier molecular flexibility index (Phi) is 7.79. The zero-order chi connectivity index (χ0) is 13.5. The fourth-order valence-electron chi connectivity index (χ4n) is 2.02. The molecule has 17 heavy (non-hydrogen) atoms.